The van der Waals surface area contributed by atoms with E-state index in [2.05, 4.69) is 6.07 Å². The number of nitrogens with zero attached hydrogens (tertiary/aromatic N) is 4. The van der Waals surface area contributed by atoms with Gasteiger partial charge in [-0.15, -0.1) is 0 Å². The van der Waals surface area contributed by atoms with Gasteiger partial charge >= 0.3 is 12.4 Å². The molecule has 4 nitrogen and oxygen atoms in total. The fraction of sp³-hybridized carbons (Fsp3) is 0.0588. The summed E-state index contributed by atoms with van der Waals surface area (Å²) in [5.41, 5.74) is -1.24. The number of alkyl halides is 6. The molecule has 0 aliphatic heterocycles. The van der Waals surface area contributed by atoms with E-state index in [4.69, 9.17) is 0 Å². The fourth-order valence-corrected chi connectivity index (χ4v) is 6.15. The van der Waals surface area contributed by atoms with Crippen LogP contribution in [-0.4, -0.2) is 9.13 Å². The summed E-state index contributed by atoms with van der Waals surface area (Å²) in [6.45, 7) is 0. The van der Waals surface area contributed by atoms with E-state index in [9.17, 15) is 36.9 Å². The van der Waals surface area contributed by atoms with Crippen molar-refractivity contribution in [1.29, 1.82) is 10.5 Å². The van der Waals surface area contributed by atoms with Gasteiger partial charge in [0.05, 0.1) is 61.8 Å². The molecule has 0 radical (unpaired) electrons. The van der Waals surface area contributed by atoms with Crippen LogP contribution >= 0.6 is 0 Å². The summed E-state index contributed by atoms with van der Waals surface area (Å²) in [7, 11) is 0. The molecule has 0 N–H and O–H groups in total. The van der Waals surface area contributed by atoms with Gasteiger partial charge in [0.1, 0.15) is 6.07 Å². The molecule has 0 saturated heterocycles. The smallest absolute Gasteiger partial charge is 0.308 e. The van der Waals surface area contributed by atoms with Crippen molar-refractivity contribution in [1.82, 2.24) is 9.13 Å². The lowest BCUT2D eigenvalue weighted by atomic mass is 10.0. The van der Waals surface area contributed by atoms with Crippen LogP contribution in [0, 0.1) is 22.7 Å². The molecular weight excluding hydrogens is 578 g/mol. The second kappa shape index (κ2) is 9.38. The first-order chi connectivity index (χ1) is 21.0. The van der Waals surface area contributed by atoms with Gasteiger partial charge in [0.25, 0.3) is 0 Å². The molecule has 0 bridgehead atoms. The predicted molar refractivity (Wildman–Crippen MR) is 155 cm³/mol. The molecule has 2 aromatic heterocycles. The summed E-state index contributed by atoms with van der Waals surface area (Å²) in [5, 5.41) is 21.5. The third-order valence-corrected chi connectivity index (χ3v) is 7.83. The van der Waals surface area contributed by atoms with Crippen LogP contribution < -0.4 is 0 Å². The lowest BCUT2D eigenvalue weighted by molar-refractivity contribution is -0.142. The van der Waals surface area contributed by atoms with Crippen LogP contribution in [0.3, 0.4) is 0 Å². The van der Waals surface area contributed by atoms with Gasteiger partial charge in [-0.05, 0) is 54.6 Å². The van der Waals surface area contributed by atoms with E-state index < -0.39 is 29.2 Å². The third kappa shape index (κ3) is 3.85. The lowest BCUT2D eigenvalue weighted by Crippen LogP contribution is -2.17. The van der Waals surface area contributed by atoms with Crippen LogP contribution in [-0.2, 0) is 12.4 Å². The zero-order valence-electron chi connectivity index (χ0n) is 22.3. The van der Waals surface area contributed by atoms with Gasteiger partial charge in [-0.1, -0.05) is 42.5 Å². The average Bonchev–Trinajstić information content (AvgIpc) is 3.52. The molecule has 0 atom stereocenters. The summed E-state index contributed by atoms with van der Waals surface area (Å²) in [6.07, 6.45) is -10.1. The molecule has 2 heterocycles. The third-order valence-electron chi connectivity index (χ3n) is 7.83. The predicted octanol–water partition coefficient (Wildman–Crippen LogP) is 9.66. The van der Waals surface area contributed by atoms with Crippen molar-refractivity contribution in [3.05, 3.63) is 119 Å². The summed E-state index contributed by atoms with van der Waals surface area (Å²) in [5.74, 6) is 0. The molecule has 5 aromatic carbocycles. The quantitative estimate of drug-likeness (QED) is 0.187. The molecule has 0 saturated carbocycles. The van der Waals surface area contributed by atoms with E-state index in [1.807, 2.05) is 22.8 Å². The molecule has 10 heteroatoms. The van der Waals surface area contributed by atoms with Crippen molar-refractivity contribution >= 4 is 43.6 Å². The van der Waals surface area contributed by atoms with E-state index in [0.29, 0.717) is 56.0 Å². The topological polar surface area (TPSA) is 57.4 Å². The molecule has 44 heavy (non-hydrogen) atoms. The number of hydrogen-bond acceptors (Lipinski definition) is 2. The van der Waals surface area contributed by atoms with Crippen molar-refractivity contribution in [3.63, 3.8) is 0 Å². The van der Waals surface area contributed by atoms with Crippen LogP contribution in [0.4, 0.5) is 26.3 Å². The van der Waals surface area contributed by atoms with Crippen molar-refractivity contribution in [3.8, 4) is 23.5 Å². The fourth-order valence-electron chi connectivity index (χ4n) is 6.15. The van der Waals surface area contributed by atoms with Crippen molar-refractivity contribution < 1.29 is 26.3 Å². The maximum absolute atomic E-state index is 14.4. The van der Waals surface area contributed by atoms with E-state index >= 15 is 0 Å². The van der Waals surface area contributed by atoms with Gasteiger partial charge in [-0.3, -0.25) is 0 Å². The second-order valence-corrected chi connectivity index (χ2v) is 10.2. The Morgan fingerprint density at radius 1 is 0.523 bits per heavy atom. The number of rotatable bonds is 2. The van der Waals surface area contributed by atoms with Gasteiger partial charge in [0, 0.05) is 21.5 Å². The summed E-state index contributed by atoms with van der Waals surface area (Å²) in [4.78, 5) is 0. The molecule has 0 spiro atoms. The molecule has 0 aliphatic carbocycles. The number of hydrogen-bond donors (Lipinski definition) is 0. The number of fused-ring (bicyclic) bond motifs is 7. The van der Waals surface area contributed by atoms with Crippen LogP contribution in [0.1, 0.15) is 22.3 Å². The largest absolute Gasteiger partial charge is 0.418 e. The molecule has 7 rings (SSSR count). The minimum atomic E-state index is -5.07. The average molecular weight is 595 g/mol. The normalized spacial score (nSPS) is 12.3. The Balaban J connectivity index is 1.71. The van der Waals surface area contributed by atoms with E-state index in [1.54, 1.807) is 48.5 Å². The SMILES string of the molecule is N#Cc1ccc(-n2c3ccccc3c3c4c5ccccc5n(-c5c(C(F)(F)F)cccc5C(F)(F)F)c4ccc32)c(C#N)c1. The van der Waals surface area contributed by atoms with Gasteiger partial charge in [-0.2, -0.15) is 36.9 Å². The highest BCUT2D eigenvalue weighted by Gasteiger charge is 2.42. The molecule has 7 aromatic rings. The molecule has 0 fully saturated rings. The molecular formula is C34H16F6N4. The second-order valence-electron chi connectivity index (χ2n) is 10.2. The first kappa shape index (κ1) is 27.1. The summed E-state index contributed by atoms with van der Waals surface area (Å²) in [6, 6.07) is 27.7. The van der Waals surface area contributed by atoms with E-state index in [1.165, 1.54) is 18.2 Å². The van der Waals surface area contributed by atoms with Gasteiger partial charge in [0.15, 0.2) is 0 Å². The number of para-hydroxylation sites is 3. The van der Waals surface area contributed by atoms with E-state index in [0.717, 1.165) is 10.6 Å². The summed E-state index contributed by atoms with van der Waals surface area (Å²) >= 11 is 0. The van der Waals surface area contributed by atoms with Gasteiger partial charge in [0.2, 0.25) is 0 Å². The standard InChI is InChI=1S/C34H16F6N4/c35-33(36,37)23-8-5-9-24(34(38,39)40)32(23)44-27-11-4-2-7-22(27)31-29(44)15-14-28-30(31)21-6-1-3-10-26(21)43(28)25-13-12-19(17-41)16-20(25)18-42/h1-16H. The van der Waals surface area contributed by atoms with Gasteiger partial charge in [-0.25, -0.2) is 0 Å². The highest BCUT2D eigenvalue weighted by molar-refractivity contribution is 6.29. The Labute approximate surface area is 244 Å². The molecule has 0 unspecified atom stereocenters. The highest BCUT2D eigenvalue weighted by atomic mass is 19.4. The van der Waals surface area contributed by atoms with Crippen LogP contribution in [0.5, 0.6) is 0 Å². The molecule has 214 valence electrons. The minimum absolute atomic E-state index is 0.157. The zero-order valence-corrected chi connectivity index (χ0v) is 22.3. The first-order valence-corrected chi connectivity index (χ1v) is 13.2. The van der Waals surface area contributed by atoms with E-state index in [-0.39, 0.29) is 16.6 Å². The highest BCUT2D eigenvalue weighted by Crippen LogP contribution is 2.47. The Hall–Kier alpha value is -5.74. The number of benzene rings is 5. The Bertz CT molecular complexity index is 2360. The maximum atomic E-state index is 14.4. The van der Waals surface area contributed by atoms with Crippen LogP contribution in [0.2, 0.25) is 0 Å². The first-order valence-electron chi connectivity index (χ1n) is 13.2. The van der Waals surface area contributed by atoms with Gasteiger partial charge < -0.3 is 9.13 Å². The molecule has 0 aliphatic rings. The number of halogens is 6. The lowest BCUT2D eigenvalue weighted by Gasteiger charge is -2.21. The van der Waals surface area contributed by atoms with Crippen molar-refractivity contribution in [2.75, 3.05) is 0 Å². The monoisotopic (exact) mass is 594 g/mol. The Kier molecular flexibility index (Phi) is 5.78. The zero-order chi connectivity index (χ0) is 31.0. The summed E-state index contributed by atoms with van der Waals surface area (Å²) < 4.78 is 89.0. The number of nitriles is 2. The Morgan fingerprint density at radius 2 is 1.05 bits per heavy atom. The minimum Gasteiger partial charge on any atom is -0.308 e. The molecule has 0 amide bonds. The van der Waals surface area contributed by atoms with Crippen molar-refractivity contribution in [2.45, 2.75) is 12.4 Å². The van der Waals surface area contributed by atoms with Crippen LogP contribution in [0.25, 0.3) is 55.0 Å². The van der Waals surface area contributed by atoms with Crippen molar-refractivity contribution in [2.24, 2.45) is 0 Å². The number of aromatic nitrogens is 2. The Morgan fingerprint density at radius 3 is 1.57 bits per heavy atom. The van der Waals surface area contributed by atoms with Crippen LogP contribution in [0.15, 0.2) is 97.1 Å². The maximum Gasteiger partial charge on any atom is 0.418 e.